The summed E-state index contributed by atoms with van der Waals surface area (Å²) in [4.78, 5) is 26.2. The highest BCUT2D eigenvalue weighted by Gasteiger charge is 2.58. The minimum Gasteiger partial charge on any atom is -0.461 e. The van der Waals surface area contributed by atoms with Crippen LogP contribution in [0.4, 0.5) is 0 Å². The van der Waals surface area contributed by atoms with Gasteiger partial charge in [0.05, 0.1) is 85.9 Å². The van der Waals surface area contributed by atoms with Gasteiger partial charge in [-0.25, -0.2) is 0 Å². The van der Waals surface area contributed by atoms with E-state index in [9.17, 15) is 9.59 Å². The van der Waals surface area contributed by atoms with Gasteiger partial charge in [-0.2, -0.15) is 0 Å². The van der Waals surface area contributed by atoms with Crippen molar-refractivity contribution < 1.29 is 90.1 Å². The van der Waals surface area contributed by atoms with Crippen LogP contribution in [0.15, 0.2) is 297 Å². The number of rotatable bonds is 40. The molecule has 112 heavy (non-hydrogen) atoms. The van der Waals surface area contributed by atoms with E-state index >= 15 is 0 Å². The van der Waals surface area contributed by atoms with Gasteiger partial charge >= 0.3 is 11.9 Å². The van der Waals surface area contributed by atoms with E-state index in [1.807, 2.05) is 297 Å². The van der Waals surface area contributed by atoms with Gasteiger partial charge in [0.2, 0.25) is 0 Å². The molecule has 0 saturated carbocycles. The molecule has 0 bridgehead atoms. The third-order valence-electron chi connectivity index (χ3n) is 19.4. The van der Waals surface area contributed by atoms with E-state index in [-0.39, 0.29) is 92.5 Å². The first kappa shape index (κ1) is 80.6. The molecule has 0 spiro atoms. The fourth-order valence-electron chi connectivity index (χ4n) is 13.8. The van der Waals surface area contributed by atoms with Crippen LogP contribution >= 0.6 is 0 Å². The van der Waals surface area contributed by atoms with Crippen molar-refractivity contribution in [3.8, 4) is 0 Å². The standard InChI is InChI=1S/C93H98O19/c1-66(94)99-55-77-48-50-78(51-49-77)62-106-91-88(85(103-59-74-42-24-9-25-43-74)82(100-56-71-36-18-6-19-37-71)79(108-91)63-96-52-68-30-12-3-13-31-68)111-93-90(87(105-61-76-46-28-11-29-47-76)84(102-58-73-40-22-8-23-41-73)81(110-93)65-98-54-70-34-16-5-17-35-70)112-92-89(107-67(2)95)86(104-60-75-44-26-10-27-45-75)83(101-57-72-38-20-7-21-39-72)80(109-92)64-97-53-69-32-14-4-15-33-69/h3-51,79-93H,52-65H2,1-2H3/t79-,80-,81-,82-,83-,84-,85+,86+,87+,88+,89+,90+,91+,92-,93-/m1/s1. The fraction of sp³-hybridized carbons (Fsp3) is 0.333. The van der Waals surface area contributed by atoms with Crippen LogP contribution in [0.1, 0.15) is 75.0 Å². The van der Waals surface area contributed by atoms with E-state index in [1.54, 1.807) is 0 Å². The molecule has 3 aliphatic heterocycles. The van der Waals surface area contributed by atoms with Crippen LogP contribution in [0.3, 0.4) is 0 Å². The Hall–Kier alpha value is -9.46. The molecule has 0 N–H and O–H groups in total. The number of carbonyl (C=O) groups excluding carboxylic acids is 2. The molecule has 3 aliphatic rings. The van der Waals surface area contributed by atoms with Crippen molar-refractivity contribution in [3.63, 3.8) is 0 Å². The average molecular weight is 1520 g/mol. The van der Waals surface area contributed by atoms with Gasteiger partial charge in [-0.3, -0.25) is 9.59 Å². The van der Waals surface area contributed by atoms with Crippen molar-refractivity contribution in [2.24, 2.45) is 0 Å². The molecule has 10 aromatic carbocycles. The largest absolute Gasteiger partial charge is 0.461 e. The minimum absolute atomic E-state index is 0.0118. The van der Waals surface area contributed by atoms with Crippen molar-refractivity contribution in [2.75, 3.05) is 19.8 Å². The maximum atomic E-state index is 14.2. The molecule has 15 atom stereocenters. The summed E-state index contributed by atoms with van der Waals surface area (Å²) in [7, 11) is 0. The van der Waals surface area contributed by atoms with Crippen LogP contribution in [-0.4, -0.2) is 124 Å². The predicted molar refractivity (Wildman–Crippen MR) is 416 cm³/mol. The van der Waals surface area contributed by atoms with Crippen molar-refractivity contribution in [1.29, 1.82) is 0 Å². The summed E-state index contributed by atoms with van der Waals surface area (Å²) in [5, 5.41) is 0. The zero-order valence-electron chi connectivity index (χ0n) is 63.1. The Morgan fingerprint density at radius 1 is 0.232 bits per heavy atom. The molecule has 0 amide bonds. The lowest BCUT2D eigenvalue weighted by atomic mass is 9.95. The first-order valence-corrected chi connectivity index (χ1v) is 38.2. The highest BCUT2D eigenvalue weighted by Crippen LogP contribution is 2.40. The van der Waals surface area contributed by atoms with E-state index in [0.717, 1.165) is 61.2 Å². The molecule has 10 aromatic rings. The topological polar surface area (TPSA) is 191 Å². The van der Waals surface area contributed by atoms with Crippen LogP contribution in [0.2, 0.25) is 0 Å². The lowest BCUT2D eigenvalue weighted by Gasteiger charge is -2.52. The minimum atomic E-state index is -1.54. The van der Waals surface area contributed by atoms with Crippen LogP contribution in [0.25, 0.3) is 0 Å². The monoisotopic (exact) mass is 1520 g/mol. The summed E-state index contributed by atoms with van der Waals surface area (Å²) in [5.74, 6) is -1.05. The summed E-state index contributed by atoms with van der Waals surface area (Å²) in [6, 6.07) is 96.1. The Bertz CT molecular complexity index is 4300. The molecule has 3 fully saturated rings. The summed E-state index contributed by atoms with van der Waals surface area (Å²) >= 11 is 0. The second-order valence-electron chi connectivity index (χ2n) is 27.9. The van der Waals surface area contributed by atoms with Crippen molar-refractivity contribution >= 4 is 11.9 Å². The lowest BCUT2D eigenvalue weighted by molar-refractivity contribution is -0.405. The van der Waals surface area contributed by atoms with Crippen LogP contribution in [0.5, 0.6) is 0 Å². The highest BCUT2D eigenvalue weighted by molar-refractivity contribution is 5.66. The molecule has 19 nitrogen and oxygen atoms in total. The molecule has 0 aliphatic carbocycles. The molecule has 3 heterocycles. The summed E-state index contributed by atoms with van der Waals surface area (Å²) in [5.41, 5.74) is 9.53. The third-order valence-corrected chi connectivity index (χ3v) is 19.4. The van der Waals surface area contributed by atoms with E-state index < -0.39 is 104 Å². The Balaban J connectivity index is 0.964. The second kappa shape index (κ2) is 43.0. The lowest BCUT2D eigenvalue weighted by Crippen LogP contribution is -2.68. The normalized spacial score (nSPS) is 23.7. The van der Waals surface area contributed by atoms with Crippen LogP contribution < -0.4 is 0 Å². The fourth-order valence-corrected chi connectivity index (χ4v) is 13.8. The smallest absolute Gasteiger partial charge is 0.303 e. The highest BCUT2D eigenvalue weighted by atomic mass is 16.8. The van der Waals surface area contributed by atoms with Crippen LogP contribution in [-0.2, 0) is 163 Å². The summed E-state index contributed by atoms with van der Waals surface area (Å²) in [6.45, 7) is 3.93. The van der Waals surface area contributed by atoms with E-state index in [2.05, 4.69) is 0 Å². The summed E-state index contributed by atoms with van der Waals surface area (Å²) < 4.78 is 121. The van der Waals surface area contributed by atoms with Gasteiger partial charge in [-0.1, -0.05) is 297 Å². The van der Waals surface area contributed by atoms with Gasteiger partial charge < -0.3 is 80.5 Å². The number of hydrogen-bond donors (Lipinski definition) is 0. The molecule has 584 valence electrons. The number of ether oxygens (including phenoxy) is 17. The number of esters is 2. The quantitative estimate of drug-likeness (QED) is 0.0329. The summed E-state index contributed by atoms with van der Waals surface area (Å²) in [6.07, 6.45) is -17.6. The van der Waals surface area contributed by atoms with Gasteiger partial charge in [0.1, 0.15) is 73.8 Å². The van der Waals surface area contributed by atoms with Crippen molar-refractivity contribution in [1.82, 2.24) is 0 Å². The van der Waals surface area contributed by atoms with E-state index in [0.29, 0.717) is 0 Å². The number of carbonyl (C=O) groups is 2. The molecule has 0 radical (unpaired) electrons. The van der Waals surface area contributed by atoms with Gasteiger partial charge in [0, 0.05) is 13.8 Å². The first-order valence-electron chi connectivity index (χ1n) is 38.2. The molecule has 13 rings (SSSR count). The Morgan fingerprint density at radius 3 is 0.741 bits per heavy atom. The maximum Gasteiger partial charge on any atom is 0.303 e. The Kier molecular flexibility index (Phi) is 30.9. The van der Waals surface area contributed by atoms with Gasteiger partial charge in [-0.15, -0.1) is 0 Å². The molecule has 0 aromatic heterocycles. The van der Waals surface area contributed by atoms with Gasteiger partial charge in [0.25, 0.3) is 0 Å². The molecular formula is C93H98O19. The molecule has 3 saturated heterocycles. The van der Waals surface area contributed by atoms with E-state index in [1.165, 1.54) is 13.8 Å². The zero-order chi connectivity index (χ0) is 76.7. The molecular weight excluding hydrogens is 1420 g/mol. The second-order valence-corrected chi connectivity index (χ2v) is 27.9. The Labute approximate surface area is 655 Å². The van der Waals surface area contributed by atoms with Crippen molar-refractivity contribution in [2.45, 2.75) is 179 Å². The maximum absolute atomic E-state index is 14.2. The van der Waals surface area contributed by atoms with Gasteiger partial charge in [-0.05, 0) is 61.2 Å². The van der Waals surface area contributed by atoms with E-state index in [4.69, 9.17) is 80.5 Å². The third kappa shape index (κ3) is 24.3. The zero-order valence-corrected chi connectivity index (χ0v) is 63.1. The predicted octanol–water partition coefficient (Wildman–Crippen LogP) is 15.3. The van der Waals surface area contributed by atoms with Gasteiger partial charge in [0.15, 0.2) is 25.0 Å². The average Bonchev–Trinajstić information content (AvgIpc) is 0.759. The number of hydrogen-bond acceptors (Lipinski definition) is 19. The van der Waals surface area contributed by atoms with Crippen LogP contribution in [0, 0.1) is 0 Å². The first-order chi connectivity index (χ1) is 55.2. The Morgan fingerprint density at radius 2 is 0.455 bits per heavy atom. The molecule has 0 unspecified atom stereocenters. The number of benzene rings is 10. The SMILES string of the molecule is CC(=O)OCc1ccc(CO[C@H]2O[C@H](COCc3ccccc3)[C@@H](OCc3ccccc3)[C@H](OCc3ccccc3)[C@@H]2O[C@H]2O[C@H](COCc3ccccc3)[C@@H](OCc3ccccc3)[C@H](OCc3ccccc3)[C@@H]2O[C@H]2O[C@H](COCc3ccccc3)[C@@H](OCc3ccccc3)[C@H](OCc3ccccc3)[C@@H]2OC(C)=O)cc1. The van der Waals surface area contributed by atoms with Crippen molar-refractivity contribution in [3.05, 3.63) is 358 Å². The molecule has 19 heteroatoms.